The molecule has 0 saturated carbocycles. The summed E-state index contributed by atoms with van der Waals surface area (Å²) in [5.41, 5.74) is 3.56. The van der Waals surface area contributed by atoms with E-state index in [1.807, 2.05) is 54.6 Å². The van der Waals surface area contributed by atoms with Crippen molar-refractivity contribution in [1.82, 2.24) is 4.57 Å². The highest BCUT2D eigenvalue weighted by atomic mass is 79.9. The van der Waals surface area contributed by atoms with E-state index in [1.165, 1.54) is 15.9 Å². The van der Waals surface area contributed by atoms with E-state index < -0.39 is 12.0 Å². The first-order valence-electron chi connectivity index (χ1n) is 14.8. The fourth-order valence-electron chi connectivity index (χ4n) is 5.39. The van der Waals surface area contributed by atoms with Gasteiger partial charge in [0.15, 0.2) is 4.80 Å². The Morgan fingerprint density at radius 3 is 2.52 bits per heavy atom. The van der Waals surface area contributed by atoms with Crippen LogP contribution in [0.3, 0.4) is 0 Å². The van der Waals surface area contributed by atoms with Crippen LogP contribution in [0.25, 0.3) is 11.8 Å². The summed E-state index contributed by atoms with van der Waals surface area (Å²) in [7, 11) is 1.54. The lowest BCUT2D eigenvalue weighted by atomic mass is 9.92. The van der Waals surface area contributed by atoms with Crippen LogP contribution in [0.4, 0.5) is 0 Å². The quantitative estimate of drug-likeness (QED) is 0.154. The molecule has 0 N–H and O–H groups in total. The Labute approximate surface area is 293 Å². The van der Waals surface area contributed by atoms with Crippen LogP contribution in [-0.2, 0) is 16.1 Å². The number of thiazole rings is 1. The average Bonchev–Trinajstić information content (AvgIpc) is 3.41. The molecule has 4 aromatic carbocycles. The van der Waals surface area contributed by atoms with Crippen molar-refractivity contribution in [3.8, 4) is 17.6 Å². The predicted octanol–water partition coefficient (Wildman–Crippen LogP) is 6.81. The van der Waals surface area contributed by atoms with E-state index in [9.17, 15) is 9.59 Å². The molecule has 1 aliphatic heterocycles. The van der Waals surface area contributed by atoms with Gasteiger partial charge in [-0.05, 0) is 67.1 Å². The Morgan fingerprint density at radius 2 is 1.81 bits per heavy atom. The van der Waals surface area contributed by atoms with Gasteiger partial charge in [-0.15, -0.1) is 0 Å². The number of aromatic nitrogens is 1. The second-order valence-electron chi connectivity index (χ2n) is 10.6. The van der Waals surface area contributed by atoms with Crippen molar-refractivity contribution >= 4 is 56.6 Å². The van der Waals surface area contributed by atoms with Gasteiger partial charge in [0.1, 0.15) is 24.1 Å². The van der Waals surface area contributed by atoms with E-state index in [4.69, 9.17) is 36.1 Å². The van der Waals surface area contributed by atoms with Crippen LogP contribution in [0.2, 0.25) is 5.02 Å². The first-order valence-corrected chi connectivity index (χ1v) is 16.8. The number of hydrogen-bond donors (Lipinski definition) is 0. The van der Waals surface area contributed by atoms with Crippen molar-refractivity contribution in [1.29, 1.82) is 5.26 Å². The molecule has 0 spiro atoms. The molecule has 0 bridgehead atoms. The molecular weight excluding hydrogens is 714 g/mol. The molecule has 11 heteroatoms. The van der Waals surface area contributed by atoms with Gasteiger partial charge in [-0.3, -0.25) is 9.36 Å². The number of halogens is 2. The monoisotopic (exact) mass is 739 g/mol. The summed E-state index contributed by atoms with van der Waals surface area (Å²) in [6, 6.07) is 28.3. The van der Waals surface area contributed by atoms with Crippen LogP contribution in [0.1, 0.15) is 40.8 Å². The van der Waals surface area contributed by atoms with Gasteiger partial charge in [-0.2, -0.15) is 5.26 Å². The van der Waals surface area contributed by atoms with Crippen LogP contribution in [0, 0.1) is 11.3 Å². The Morgan fingerprint density at radius 1 is 1.06 bits per heavy atom. The zero-order chi connectivity index (χ0) is 33.8. The van der Waals surface area contributed by atoms with Crippen LogP contribution < -0.4 is 24.4 Å². The largest absolute Gasteiger partial charge is 0.496 e. The van der Waals surface area contributed by atoms with Crippen LogP contribution in [-0.4, -0.2) is 24.3 Å². The molecule has 240 valence electrons. The molecule has 2 heterocycles. The Bertz CT molecular complexity index is 2280. The van der Waals surface area contributed by atoms with Gasteiger partial charge in [0, 0.05) is 26.2 Å². The SMILES string of the molecule is CCOC(=O)C1=C(c2ccccc2)N=c2s/c(=C\c3cc(Cl)ccc3OCc3ccc(C#N)cc3)c(=O)n2[C@H]1c1cc(Br)ccc1OC. The number of carbonyl (C=O) groups is 1. The van der Waals surface area contributed by atoms with Crippen molar-refractivity contribution < 1.29 is 19.0 Å². The maximum Gasteiger partial charge on any atom is 0.338 e. The number of nitrogens with zero attached hydrogens (tertiary/aromatic N) is 3. The maximum absolute atomic E-state index is 14.4. The van der Waals surface area contributed by atoms with Crippen molar-refractivity contribution in [2.24, 2.45) is 4.99 Å². The molecule has 0 aliphatic carbocycles. The molecule has 5 aromatic rings. The summed E-state index contributed by atoms with van der Waals surface area (Å²) in [4.78, 5) is 33.6. The number of fused-ring (bicyclic) bond motifs is 1. The summed E-state index contributed by atoms with van der Waals surface area (Å²) < 4.78 is 20.1. The van der Waals surface area contributed by atoms with Gasteiger partial charge in [-0.25, -0.2) is 9.79 Å². The van der Waals surface area contributed by atoms with Gasteiger partial charge in [-0.1, -0.05) is 81.3 Å². The molecule has 6 rings (SSSR count). The third-order valence-electron chi connectivity index (χ3n) is 7.60. The van der Waals surface area contributed by atoms with Crippen molar-refractivity contribution in [3.63, 3.8) is 0 Å². The lowest BCUT2D eigenvalue weighted by molar-refractivity contribution is -0.138. The van der Waals surface area contributed by atoms with E-state index in [-0.39, 0.29) is 24.3 Å². The number of carbonyl (C=O) groups excluding carboxylic acids is 1. The zero-order valence-corrected chi connectivity index (χ0v) is 28.9. The van der Waals surface area contributed by atoms with E-state index in [0.29, 0.717) is 53.8 Å². The molecule has 0 radical (unpaired) electrons. The molecule has 48 heavy (non-hydrogen) atoms. The van der Waals surface area contributed by atoms with E-state index >= 15 is 0 Å². The second-order valence-corrected chi connectivity index (χ2v) is 13.0. The summed E-state index contributed by atoms with van der Waals surface area (Å²) >= 11 is 11.2. The number of rotatable bonds is 9. The highest BCUT2D eigenvalue weighted by molar-refractivity contribution is 9.10. The number of methoxy groups -OCH3 is 1. The molecule has 0 fully saturated rings. The maximum atomic E-state index is 14.4. The Kier molecular flexibility index (Phi) is 9.92. The second kappa shape index (κ2) is 14.4. The first kappa shape index (κ1) is 33.0. The molecule has 0 saturated heterocycles. The molecule has 1 atom stereocenters. The van der Waals surface area contributed by atoms with Gasteiger partial charge < -0.3 is 14.2 Å². The standard InChI is InChI=1S/C37H27BrClN3O5S/c1-3-46-36(44)32-33(24-7-5-4-6-8-24)41-37-42(34(32)28-19-26(38)13-15-30(28)45-2)35(43)31(48-37)18-25-17-27(39)14-16-29(25)47-21-23-11-9-22(20-40)10-12-23/h4-19,34H,3,21H2,1-2H3/b31-18-/t34-/m0/s1. The van der Waals surface area contributed by atoms with Gasteiger partial charge in [0.05, 0.1) is 41.2 Å². The molecular formula is C37H27BrClN3O5S. The molecule has 8 nitrogen and oxygen atoms in total. The first-order chi connectivity index (χ1) is 23.3. The van der Waals surface area contributed by atoms with Crippen LogP contribution >= 0.6 is 38.9 Å². The van der Waals surface area contributed by atoms with Crippen molar-refractivity contribution in [2.45, 2.75) is 19.6 Å². The lowest BCUT2D eigenvalue weighted by Crippen LogP contribution is -2.40. The van der Waals surface area contributed by atoms with Gasteiger partial charge in [0.25, 0.3) is 5.56 Å². The van der Waals surface area contributed by atoms with E-state index in [2.05, 4.69) is 22.0 Å². The van der Waals surface area contributed by atoms with Gasteiger partial charge >= 0.3 is 5.97 Å². The number of nitriles is 1. The fourth-order valence-corrected chi connectivity index (χ4v) is 6.95. The molecule has 1 aromatic heterocycles. The van der Waals surface area contributed by atoms with Crippen LogP contribution in [0.15, 0.2) is 111 Å². The van der Waals surface area contributed by atoms with Gasteiger partial charge in [0.2, 0.25) is 0 Å². The van der Waals surface area contributed by atoms with E-state index in [1.54, 1.807) is 56.5 Å². The Balaban J connectivity index is 1.55. The lowest BCUT2D eigenvalue weighted by Gasteiger charge is -2.27. The number of benzene rings is 4. The number of ether oxygens (including phenoxy) is 3. The summed E-state index contributed by atoms with van der Waals surface area (Å²) in [5.74, 6) is 0.411. The normalized spacial score (nSPS) is 14.1. The predicted molar refractivity (Wildman–Crippen MR) is 189 cm³/mol. The minimum atomic E-state index is -0.920. The van der Waals surface area contributed by atoms with Crippen molar-refractivity contribution in [3.05, 3.63) is 154 Å². The average molecular weight is 741 g/mol. The Hall–Kier alpha value is -4.95. The minimum absolute atomic E-state index is 0.136. The molecule has 0 unspecified atom stereocenters. The number of hydrogen-bond acceptors (Lipinski definition) is 8. The zero-order valence-electron chi connectivity index (χ0n) is 25.8. The summed E-state index contributed by atoms with van der Waals surface area (Å²) in [6.45, 7) is 2.11. The third-order valence-corrected chi connectivity index (χ3v) is 9.31. The van der Waals surface area contributed by atoms with Crippen LogP contribution in [0.5, 0.6) is 11.5 Å². The highest BCUT2D eigenvalue weighted by Crippen LogP contribution is 2.40. The van der Waals surface area contributed by atoms with Crippen molar-refractivity contribution in [2.75, 3.05) is 13.7 Å². The highest BCUT2D eigenvalue weighted by Gasteiger charge is 2.37. The molecule has 1 aliphatic rings. The summed E-state index contributed by atoms with van der Waals surface area (Å²) in [5, 5.41) is 9.58. The number of esters is 1. The fraction of sp³-hybridized carbons (Fsp3) is 0.135. The summed E-state index contributed by atoms with van der Waals surface area (Å²) in [6.07, 6.45) is 1.72. The third kappa shape index (κ3) is 6.71. The smallest absolute Gasteiger partial charge is 0.338 e. The molecule has 0 amide bonds. The topological polar surface area (TPSA) is 103 Å². The van der Waals surface area contributed by atoms with E-state index in [0.717, 1.165) is 10.0 Å². The minimum Gasteiger partial charge on any atom is -0.496 e.